The first-order valence-corrected chi connectivity index (χ1v) is 7.97. The highest BCUT2D eigenvalue weighted by molar-refractivity contribution is 7.89. The van der Waals surface area contributed by atoms with E-state index in [0.29, 0.717) is 5.56 Å². The van der Waals surface area contributed by atoms with Gasteiger partial charge in [-0.15, -0.1) is 11.3 Å². The number of nitrogens with zero attached hydrogens (tertiary/aromatic N) is 1. The number of thiophene rings is 1. The van der Waals surface area contributed by atoms with Crippen molar-refractivity contribution in [3.8, 4) is 0 Å². The average molecular weight is 298 g/mol. The van der Waals surface area contributed by atoms with Crippen LogP contribution in [0.4, 0.5) is 0 Å². The van der Waals surface area contributed by atoms with Crippen LogP contribution in [0.15, 0.2) is 34.8 Å². The zero-order chi connectivity index (χ0) is 13.9. The van der Waals surface area contributed by atoms with Crippen molar-refractivity contribution in [1.82, 2.24) is 9.71 Å². The third kappa shape index (κ3) is 3.38. The summed E-state index contributed by atoms with van der Waals surface area (Å²) in [5.41, 5.74) is 1.64. The SMILES string of the molecule is Cc1ccsc1CNS(=O)(=O)c1ccc(CO)cn1. The fourth-order valence-corrected chi connectivity index (χ4v) is 3.34. The number of aryl methyl sites for hydroxylation is 1. The van der Waals surface area contributed by atoms with Crippen LogP contribution in [0.3, 0.4) is 0 Å². The first-order valence-electron chi connectivity index (χ1n) is 5.61. The fraction of sp³-hybridized carbons (Fsp3) is 0.250. The van der Waals surface area contributed by atoms with Gasteiger partial charge in [-0.25, -0.2) is 18.1 Å². The molecule has 7 heteroatoms. The van der Waals surface area contributed by atoms with E-state index < -0.39 is 10.0 Å². The Morgan fingerprint density at radius 1 is 1.37 bits per heavy atom. The van der Waals surface area contributed by atoms with Gasteiger partial charge in [0.1, 0.15) is 0 Å². The van der Waals surface area contributed by atoms with Crippen molar-refractivity contribution < 1.29 is 13.5 Å². The second-order valence-corrected chi connectivity index (χ2v) is 6.73. The molecular weight excluding hydrogens is 284 g/mol. The van der Waals surface area contributed by atoms with Crippen molar-refractivity contribution in [2.75, 3.05) is 0 Å². The lowest BCUT2D eigenvalue weighted by Gasteiger charge is -2.06. The first-order chi connectivity index (χ1) is 9.03. The molecule has 19 heavy (non-hydrogen) atoms. The van der Waals surface area contributed by atoms with E-state index in [1.807, 2.05) is 18.4 Å². The molecule has 5 nitrogen and oxygen atoms in total. The molecule has 2 heterocycles. The first kappa shape index (κ1) is 14.1. The van der Waals surface area contributed by atoms with Crippen molar-refractivity contribution >= 4 is 21.4 Å². The fourth-order valence-electron chi connectivity index (χ4n) is 1.48. The molecule has 0 amide bonds. The van der Waals surface area contributed by atoms with Crippen LogP contribution < -0.4 is 4.72 Å². The van der Waals surface area contributed by atoms with Crippen LogP contribution in [0.5, 0.6) is 0 Å². The lowest BCUT2D eigenvalue weighted by Crippen LogP contribution is -2.24. The van der Waals surface area contributed by atoms with E-state index in [2.05, 4.69) is 9.71 Å². The summed E-state index contributed by atoms with van der Waals surface area (Å²) in [6, 6.07) is 4.87. The molecule has 0 unspecified atom stereocenters. The summed E-state index contributed by atoms with van der Waals surface area (Å²) in [5, 5.41) is 10.8. The Bertz CT molecular complexity index is 648. The number of nitrogens with one attached hydrogen (secondary N) is 1. The predicted molar refractivity (Wildman–Crippen MR) is 73.2 cm³/mol. The standard InChI is InChI=1S/C12H14N2O3S2/c1-9-4-5-18-11(9)7-14-19(16,17)12-3-2-10(8-15)6-13-12/h2-6,14-15H,7-8H2,1H3. The van der Waals surface area contributed by atoms with Crippen LogP contribution in [0, 0.1) is 6.92 Å². The van der Waals surface area contributed by atoms with Gasteiger partial charge in [-0.05, 0) is 35.6 Å². The predicted octanol–water partition coefficient (Wildman–Crippen LogP) is 1.42. The molecule has 2 aromatic heterocycles. The van der Waals surface area contributed by atoms with E-state index in [-0.39, 0.29) is 18.2 Å². The topological polar surface area (TPSA) is 79.3 Å². The van der Waals surface area contributed by atoms with E-state index in [1.165, 1.54) is 29.7 Å². The lowest BCUT2D eigenvalue weighted by atomic mass is 10.3. The Labute approximate surface area is 116 Å². The molecule has 0 saturated heterocycles. The minimum absolute atomic E-state index is 0.0427. The number of aliphatic hydroxyl groups is 1. The monoisotopic (exact) mass is 298 g/mol. The molecule has 2 rings (SSSR count). The van der Waals surface area contributed by atoms with Gasteiger partial charge < -0.3 is 5.11 Å². The molecule has 0 aromatic carbocycles. The van der Waals surface area contributed by atoms with Crippen LogP contribution >= 0.6 is 11.3 Å². The van der Waals surface area contributed by atoms with Crippen LogP contribution in [-0.2, 0) is 23.2 Å². The molecule has 0 bridgehead atoms. The van der Waals surface area contributed by atoms with Crippen molar-refractivity contribution in [1.29, 1.82) is 0 Å². The zero-order valence-corrected chi connectivity index (χ0v) is 12.0. The summed E-state index contributed by atoms with van der Waals surface area (Å²) in [6.45, 7) is 2.04. The third-order valence-electron chi connectivity index (χ3n) is 2.65. The normalized spacial score (nSPS) is 11.7. The van der Waals surface area contributed by atoms with Crippen LogP contribution in [0.1, 0.15) is 16.0 Å². The van der Waals surface area contributed by atoms with E-state index in [9.17, 15) is 8.42 Å². The quantitative estimate of drug-likeness (QED) is 0.875. The Morgan fingerprint density at radius 2 is 2.16 bits per heavy atom. The van der Waals surface area contributed by atoms with Crippen molar-refractivity contribution in [2.24, 2.45) is 0 Å². The van der Waals surface area contributed by atoms with Gasteiger partial charge in [0, 0.05) is 17.6 Å². The summed E-state index contributed by atoms with van der Waals surface area (Å²) in [5.74, 6) is 0. The Kier molecular flexibility index (Phi) is 4.31. The lowest BCUT2D eigenvalue weighted by molar-refractivity contribution is 0.281. The van der Waals surface area contributed by atoms with Crippen LogP contribution in [0.25, 0.3) is 0 Å². The van der Waals surface area contributed by atoms with Crippen molar-refractivity contribution in [3.05, 3.63) is 45.8 Å². The average Bonchev–Trinajstić information content (AvgIpc) is 2.82. The number of aromatic nitrogens is 1. The minimum atomic E-state index is -3.61. The number of aliphatic hydroxyl groups excluding tert-OH is 1. The summed E-state index contributed by atoms with van der Waals surface area (Å²) >= 11 is 1.51. The van der Waals surface area contributed by atoms with Gasteiger partial charge in [0.2, 0.25) is 0 Å². The number of rotatable bonds is 5. The Hall–Kier alpha value is -1.28. The van der Waals surface area contributed by atoms with Crippen molar-refractivity contribution in [2.45, 2.75) is 25.1 Å². The Morgan fingerprint density at radius 3 is 2.68 bits per heavy atom. The van der Waals surface area contributed by atoms with E-state index >= 15 is 0 Å². The summed E-state index contributed by atoms with van der Waals surface area (Å²) in [6.07, 6.45) is 1.35. The molecule has 0 radical (unpaired) electrons. The number of hydrogen-bond acceptors (Lipinski definition) is 5. The van der Waals surface area contributed by atoms with Gasteiger partial charge in [0.25, 0.3) is 10.0 Å². The molecule has 0 aliphatic rings. The zero-order valence-electron chi connectivity index (χ0n) is 10.3. The van der Waals surface area contributed by atoms with Gasteiger partial charge in [-0.1, -0.05) is 6.07 Å². The van der Waals surface area contributed by atoms with Gasteiger partial charge in [-0.2, -0.15) is 0 Å². The van der Waals surface area contributed by atoms with Gasteiger partial charge in [0.15, 0.2) is 5.03 Å². The second kappa shape index (κ2) is 5.79. The maximum absolute atomic E-state index is 12.0. The van der Waals surface area contributed by atoms with E-state index in [4.69, 9.17) is 5.11 Å². The van der Waals surface area contributed by atoms with Crippen LogP contribution in [0.2, 0.25) is 0 Å². The highest BCUT2D eigenvalue weighted by Gasteiger charge is 2.15. The molecule has 0 atom stereocenters. The molecular formula is C12H14N2O3S2. The second-order valence-electron chi connectivity index (χ2n) is 4.01. The number of hydrogen-bond donors (Lipinski definition) is 2. The number of sulfonamides is 1. The molecule has 2 aromatic rings. The smallest absolute Gasteiger partial charge is 0.258 e. The molecule has 102 valence electrons. The summed E-state index contributed by atoms with van der Waals surface area (Å²) in [7, 11) is -3.61. The Balaban J connectivity index is 2.11. The van der Waals surface area contributed by atoms with Gasteiger partial charge in [-0.3, -0.25) is 0 Å². The maximum Gasteiger partial charge on any atom is 0.258 e. The summed E-state index contributed by atoms with van der Waals surface area (Å²) in [4.78, 5) is 4.82. The van der Waals surface area contributed by atoms with Gasteiger partial charge in [0.05, 0.1) is 6.61 Å². The molecule has 0 aliphatic heterocycles. The van der Waals surface area contributed by atoms with Crippen LogP contribution in [-0.4, -0.2) is 18.5 Å². The molecule has 0 saturated carbocycles. The maximum atomic E-state index is 12.0. The largest absolute Gasteiger partial charge is 0.392 e. The minimum Gasteiger partial charge on any atom is -0.392 e. The highest BCUT2D eigenvalue weighted by atomic mass is 32.2. The molecule has 0 fully saturated rings. The summed E-state index contributed by atoms with van der Waals surface area (Å²) < 4.78 is 26.5. The molecule has 2 N–H and O–H groups in total. The molecule has 0 aliphatic carbocycles. The number of pyridine rings is 1. The highest BCUT2D eigenvalue weighted by Crippen LogP contribution is 2.16. The van der Waals surface area contributed by atoms with Crippen molar-refractivity contribution in [3.63, 3.8) is 0 Å². The molecule has 0 spiro atoms. The van der Waals surface area contributed by atoms with E-state index in [1.54, 1.807) is 0 Å². The third-order valence-corrected chi connectivity index (χ3v) is 4.99. The van der Waals surface area contributed by atoms with Gasteiger partial charge >= 0.3 is 0 Å². The van der Waals surface area contributed by atoms with E-state index in [0.717, 1.165) is 10.4 Å².